The van der Waals surface area contributed by atoms with Crippen LogP contribution in [0.25, 0.3) is 0 Å². The maximum atomic E-state index is 3.39. The number of rotatable bonds is 6. The van der Waals surface area contributed by atoms with E-state index in [0.717, 1.165) is 6.04 Å². The Morgan fingerprint density at radius 2 is 1.94 bits per heavy atom. The summed E-state index contributed by atoms with van der Waals surface area (Å²) in [6.07, 6.45) is 3.89. The molecule has 0 amide bonds. The minimum absolute atomic E-state index is 0.647. The van der Waals surface area contributed by atoms with E-state index in [1.165, 1.54) is 45.4 Å². The van der Waals surface area contributed by atoms with Crippen molar-refractivity contribution in [3.05, 3.63) is 0 Å². The van der Waals surface area contributed by atoms with Gasteiger partial charge in [-0.05, 0) is 53.0 Å². The molecule has 1 aliphatic heterocycles. The summed E-state index contributed by atoms with van der Waals surface area (Å²) in [6.45, 7) is 9.48. The lowest BCUT2D eigenvalue weighted by atomic mass is 10.0. The summed E-state index contributed by atoms with van der Waals surface area (Å²) in [5, 5.41) is 3.39. The summed E-state index contributed by atoms with van der Waals surface area (Å²) in [5.74, 6) is 0. The van der Waals surface area contributed by atoms with Crippen LogP contribution >= 0.6 is 0 Å². The van der Waals surface area contributed by atoms with Gasteiger partial charge in [-0.1, -0.05) is 13.8 Å². The number of nitrogens with one attached hydrogen (secondary N) is 1. The second-order valence-electron chi connectivity index (χ2n) is 5.00. The Hall–Kier alpha value is -0.120. The highest BCUT2D eigenvalue weighted by atomic mass is 15.2. The van der Waals surface area contributed by atoms with Gasteiger partial charge in [0.1, 0.15) is 0 Å². The fraction of sp³-hybridized carbons (Fsp3) is 1.00. The molecule has 96 valence electrons. The van der Waals surface area contributed by atoms with Gasteiger partial charge < -0.3 is 15.1 Å². The van der Waals surface area contributed by atoms with Gasteiger partial charge in [0.15, 0.2) is 0 Å². The molecule has 1 heterocycles. The van der Waals surface area contributed by atoms with Crippen LogP contribution in [0.2, 0.25) is 0 Å². The van der Waals surface area contributed by atoms with Crippen molar-refractivity contribution in [1.29, 1.82) is 0 Å². The highest BCUT2D eigenvalue weighted by Crippen LogP contribution is 2.15. The minimum Gasteiger partial charge on any atom is -0.316 e. The predicted molar refractivity (Wildman–Crippen MR) is 70.9 cm³/mol. The topological polar surface area (TPSA) is 18.5 Å². The van der Waals surface area contributed by atoms with Gasteiger partial charge in [-0.25, -0.2) is 0 Å². The maximum Gasteiger partial charge on any atom is 0.0189 e. The monoisotopic (exact) mass is 227 g/mol. The fourth-order valence-electron chi connectivity index (χ4n) is 2.60. The Kier molecular flexibility index (Phi) is 6.32. The van der Waals surface area contributed by atoms with Crippen LogP contribution in [-0.2, 0) is 0 Å². The lowest BCUT2D eigenvalue weighted by Crippen LogP contribution is -2.47. The van der Waals surface area contributed by atoms with Crippen LogP contribution in [0.5, 0.6) is 0 Å². The molecule has 1 aliphatic rings. The molecule has 0 saturated carbocycles. The molecule has 3 heteroatoms. The molecule has 1 unspecified atom stereocenters. The highest BCUT2D eigenvalue weighted by molar-refractivity contribution is 4.80. The van der Waals surface area contributed by atoms with Gasteiger partial charge in [0.2, 0.25) is 0 Å². The van der Waals surface area contributed by atoms with Crippen molar-refractivity contribution in [3.8, 4) is 0 Å². The van der Waals surface area contributed by atoms with E-state index in [-0.39, 0.29) is 0 Å². The average Bonchev–Trinajstić information content (AvgIpc) is 2.35. The van der Waals surface area contributed by atoms with Gasteiger partial charge in [-0.3, -0.25) is 0 Å². The third-order valence-electron chi connectivity index (χ3n) is 4.04. The van der Waals surface area contributed by atoms with E-state index in [4.69, 9.17) is 0 Å². The molecule has 16 heavy (non-hydrogen) atoms. The number of hydrogen-bond acceptors (Lipinski definition) is 3. The SMILES string of the molecule is CCC(CN(C)C1CCN(CC)CC1)NC. The minimum atomic E-state index is 0.647. The standard InChI is InChI=1S/C13H29N3/c1-5-12(14-3)11-15(4)13-7-9-16(6-2)10-8-13/h12-14H,5-11H2,1-4H3. The lowest BCUT2D eigenvalue weighted by molar-refractivity contribution is 0.123. The van der Waals surface area contributed by atoms with E-state index < -0.39 is 0 Å². The van der Waals surface area contributed by atoms with Crippen LogP contribution in [0, 0.1) is 0 Å². The van der Waals surface area contributed by atoms with Gasteiger partial charge in [0, 0.05) is 18.6 Å². The Morgan fingerprint density at radius 3 is 2.38 bits per heavy atom. The summed E-state index contributed by atoms with van der Waals surface area (Å²) in [6, 6.07) is 1.44. The van der Waals surface area contributed by atoms with Crippen LogP contribution in [-0.4, -0.2) is 62.2 Å². The van der Waals surface area contributed by atoms with Crippen molar-refractivity contribution >= 4 is 0 Å². The molecule has 1 N–H and O–H groups in total. The third-order valence-corrected chi connectivity index (χ3v) is 4.04. The van der Waals surface area contributed by atoms with Gasteiger partial charge >= 0.3 is 0 Å². The van der Waals surface area contributed by atoms with Crippen LogP contribution in [0.4, 0.5) is 0 Å². The maximum absolute atomic E-state index is 3.39. The van der Waals surface area contributed by atoms with Gasteiger partial charge in [0.05, 0.1) is 0 Å². The molecule has 1 saturated heterocycles. The molecule has 0 spiro atoms. The molecule has 1 rings (SSSR count). The largest absolute Gasteiger partial charge is 0.316 e. The first-order valence-corrected chi connectivity index (χ1v) is 6.81. The van der Waals surface area contributed by atoms with Crippen molar-refractivity contribution in [2.75, 3.05) is 40.3 Å². The van der Waals surface area contributed by atoms with Gasteiger partial charge in [-0.2, -0.15) is 0 Å². The van der Waals surface area contributed by atoms with Crippen molar-refractivity contribution in [2.45, 2.75) is 45.2 Å². The van der Waals surface area contributed by atoms with Crippen LogP contribution in [0.1, 0.15) is 33.1 Å². The molecule has 0 aromatic rings. The number of nitrogens with zero attached hydrogens (tertiary/aromatic N) is 2. The summed E-state index contributed by atoms with van der Waals surface area (Å²) < 4.78 is 0. The molecule has 0 aliphatic carbocycles. The quantitative estimate of drug-likeness (QED) is 0.740. The molecule has 0 bridgehead atoms. The van der Waals surface area contributed by atoms with E-state index in [9.17, 15) is 0 Å². The van der Waals surface area contributed by atoms with Crippen LogP contribution in [0.15, 0.2) is 0 Å². The molecular formula is C13H29N3. The number of likely N-dealkylation sites (N-methyl/N-ethyl adjacent to an activating group) is 2. The molecule has 0 aromatic heterocycles. The predicted octanol–water partition coefficient (Wildman–Crippen LogP) is 1.40. The van der Waals surface area contributed by atoms with Crippen LogP contribution in [0.3, 0.4) is 0 Å². The first kappa shape index (κ1) is 13.9. The zero-order valence-electron chi connectivity index (χ0n) is 11.5. The van der Waals surface area contributed by atoms with Crippen molar-refractivity contribution in [3.63, 3.8) is 0 Å². The molecular weight excluding hydrogens is 198 g/mol. The van der Waals surface area contributed by atoms with E-state index in [0.29, 0.717) is 6.04 Å². The summed E-state index contributed by atoms with van der Waals surface area (Å²) in [4.78, 5) is 5.11. The number of hydrogen-bond donors (Lipinski definition) is 1. The van der Waals surface area contributed by atoms with E-state index in [2.05, 4.69) is 43.1 Å². The van der Waals surface area contributed by atoms with Gasteiger partial charge in [0.25, 0.3) is 0 Å². The Morgan fingerprint density at radius 1 is 1.31 bits per heavy atom. The zero-order valence-corrected chi connectivity index (χ0v) is 11.5. The third kappa shape index (κ3) is 4.04. The summed E-state index contributed by atoms with van der Waals surface area (Å²) in [5.41, 5.74) is 0. The van der Waals surface area contributed by atoms with E-state index >= 15 is 0 Å². The molecule has 0 radical (unpaired) electrons. The van der Waals surface area contributed by atoms with Crippen molar-refractivity contribution < 1.29 is 0 Å². The summed E-state index contributed by atoms with van der Waals surface area (Å²) >= 11 is 0. The second-order valence-corrected chi connectivity index (χ2v) is 5.00. The Bertz CT molecular complexity index is 172. The van der Waals surface area contributed by atoms with E-state index in [1.54, 1.807) is 0 Å². The number of piperidine rings is 1. The zero-order chi connectivity index (χ0) is 12.0. The average molecular weight is 227 g/mol. The Labute approximate surface area is 101 Å². The molecule has 1 atom stereocenters. The Balaban J connectivity index is 2.29. The van der Waals surface area contributed by atoms with Crippen molar-refractivity contribution in [1.82, 2.24) is 15.1 Å². The molecule has 0 aromatic carbocycles. The van der Waals surface area contributed by atoms with Gasteiger partial charge in [-0.15, -0.1) is 0 Å². The summed E-state index contributed by atoms with van der Waals surface area (Å²) in [7, 11) is 4.36. The first-order chi connectivity index (χ1) is 7.71. The number of likely N-dealkylation sites (tertiary alicyclic amines) is 1. The van der Waals surface area contributed by atoms with Crippen molar-refractivity contribution in [2.24, 2.45) is 0 Å². The molecule has 3 nitrogen and oxygen atoms in total. The second kappa shape index (κ2) is 7.25. The first-order valence-electron chi connectivity index (χ1n) is 6.81. The smallest absolute Gasteiger partial charge is 0.0189 e. The fourth-order valence-corrected chi connectivity index (χ4v) is 2.60. The normalized spacial score (nSPS) is 21.6. The highest BCUT2D eigenvalue weighted by Gasteiger charge is 2.22. The van der Waals surface area contributed by atoms with Crippen LogP contribution < -0.4 is 5.32 Å². The molecule has 1 fully saturated rings. The van der Waals surface area contributed by atoms with E-state index in [1.807, 2.05) is 0 Å². The lowest BCUT2D eigenvalue weighted by Gasteiger charge is -2.37.